The number of benzene rings is 2. The number of ether oxygens (including phenoxy) is 6. The highest BCUT2D eigenvalue weighted by Gasteiger charge is 2.12. The highest BCUT2D eigenvalue weighted by atomic mass is 32.1. The van der Waals surface area contributed by atoms with Gasteiger partial charge in [-0.3, -0.25) is 0 Å². The van der Waals surface area contributed by atoms with Crippen molar-refractivity contribution in [3.05, 3.63) is 95.6 Å². The molecule has 45 heavy (non-hydrogen) atoms. The second kappa shape index (κ2) is 18.5. The maximum atomic E-state index is 5.45. The third-order valence-corrected chi connectivity index (χ3v) is 7.29. The molecule has 0 saturated heterocycles. The molecule has 4 rings (SSSR count). The Hall–Kier alpha value is -4.28. The van der Waals surface area contributed by atoms with E-state index in [9.17, 15) is 0 Å². The van der Waals surface area contributed by atoms with E-state index in [1.54, 1.807) is 42.7 Å². The summed E-state index contributed by atoms with van der Waals surface area (Å²) in [5.41, 5.74) is 3.98. The van der Waals surface area contributed by atoms with Gasteiger partial charge in [0.05, 0.1) is 42.7 Å². The molecule has 2 heterocycles. The van der Waals surface area contributed by atoms with Crippen molar-refractivity contribution in [1.82, 2.24) is 0 Å². The van der Waals surface area contributed by atoms with Crippen molar-refractivity contribution in [3.8, 4) is 34.5 Å². The van der Waals surface area contributed by atoms with E-state index in [-0.39, 0.29) is 0 Å². The number of thiol groups is 2. The minimum atomic E-state index is 0.615. The number of methoxy groups -OCH3 is 6. The van der Waals surface area contributed by atoms with Crippen molar-refractivity contribution in [1.29, 1.82) is 0 Å². The van der Waals surface area contributed by atoms with Crippen LogP contribution in [0.15, 0.2) is 73.1 Å². The molecular weight excluding hydrogens is 609 g/mol. The zero-order chi connectivity index (χ0) is 32.6. The molecule has 0 spiro atoms. The molecular formula is C35H42N2O6S2+2. The first kappa shape index (κ1) is 35.2. The maximum Gasteiger partial charge on any atom is 0.205 e. The largest absolute Gasteiger partial charge is 0.496 e. The van der Waals surface area contributed by atoms with Crippen LogP contribution in [0, 0.1) is 0 Å². The van der Waals surface area contributed by atoms with Gasteiger partial charge >= 0.3 is 0 Å². The lowest BCUT2D eigenvalue weighted by Gasteiger charge is -2.12. The fraction of sp³-hybridized carbons (Fsp3) is 0.257. The monoisotopic (exact) mass is 650 g/mol. The Bertz CT molecular complexity index is 1590. The van der Waals surface area contributed by atoms with Gasteiger partial charge in [-0.15, -0.1) is 12.6 Å². The average Bonchev–Trinajstić information content (AvgIpc) is 3.09. The van der Waals surface area contributed by atoms with E-state index in [0.29, 0.717) is 28.9 Å². The number of hydrogen-bond acceptors (Lipinski definition) is 8. The van der Waals surface area contributed by atoms with E-state index in [4.69, 9.17) is 28.4 Å². The van der Waals surface area contributed by atoms with Crippen molar-refractivity contribution in [2.75, 3.05) is 48.4 Å². The molecule has 0 unspecified atom stereocenters. The Morgan fingerprint density at radius 2 is 0.911 bits per heavy atom. The van der Waals surface area contributed by atoms with Crippen LogP contribution in [0.2, 0.25) is 0 Å². The number of hydrogen-bond donors (Lipinski definition) is 2. The summed E-state index contributed by atoms with van der Waals surface area (Å²) < 4.78 is 36.4. The predicted octanol–water partition coefficient (Wildman–Crippen LogP) is 6.16. The van der Waals surface area contributed by atoms with Crippen LogP contribution >= 0.6 is 25.3 Å². The van der Waals surface area contributed by atoms with Gasteiger partial charge in [-0.25, -0.2) is 0 Å². The summed E-state index contributed by atoms with van der Waals surface area (Å²) in [6.45, 7) is 0.854. The Morgan fingerprint density at radius 1 is 0.511 bits per heavy atom. The van der Waals surface area contributed by atoms with Gasteiger partial charge < -0.3 is 28.4 Å². The quantitative estimate of drug-likeness (QED) is 0.134. The van der Waals surface area contributed by atoms with Crippen LogP contribution in [0.5, 0.6) is 34.5 Å². The van der Waals surface area contributed by atoms with Gasteiger partial charge in [0.25, 0.3) is 0 Å². The highest BCUT2D eigenvalue weighted by molar-refractivity contribution is 7.80. The van der Waals surface area contributed by atoms with Gasteiger partial charge in [0, 0.05) is 65.4 Å². The highest BCUT2D eigenvalue weighted by Crippen LogP contribution is 2.36. The minimum Gasteiger partial charge on any atom is -0.496 e. The molecule has 0 atom stereocenters. The van der Waals surface area contributed by atoms with Crippen LogP contribution < -0.4 is 37.6 Å². The van der Waals surface area contributed by atoms with E-state index in [0.717, 1.165) is 46.3 Å². The molecule has 0 fully saturated rings. The zero-order valence-corrected chi connectivity index (χ0v) is 28.4. The standard InChI is InChI=1S/C18H21NO3S.C17H19NO3S/c1-20-16-13-18(22-3)17(21-2)12-14(16)7-8-15-6-4-5-9-19(15)10-11-23;1-19-15-11-17(21-3)16(20-2)10-13(15)7-8-14-6-4-5-9-18(14)12-22/h4-9,12-13H,10-11H2,1-3H3;4-11H,12H2,1-3H3/p+2/b2*8-7+. The van der Waals surface area contributed by atoms with Crippen LogP contribution in [0.25, 0.3) is 24.3 Å². The fourth-order valence-corrected chi connectivity index (χ4v) is 4.91. The second-order valence-electron chi connectivity index (χ2n) is 9.34. The van der Waals surface area contributed by atoms with E-state index >= 15 is 0 Å². The van der Waals surface area contributed by atoms with Crippen LogP contribution in [0.1, 0.15) is 22.5 Å². The summed E-state index contributed by atoms with van der Waals surface area (Å²) in [5.74, 6) is 5.48. The molecule has 2 aromatic carbocycles. The van der Waals surface area contributed by atoms with Crippen molar-refractivity contribution >= 4 is 49.6 Å². The fourth-order valence-electron chi connectivity index (χ4n) is 4.44. The Labute approximate surface area is 277 Å². The van der Waals surface area contributed by atoms with Crippen molar-refractivity contribution < 1.29 is 37.6 Å². The molecule has 0 amide bonds. The van der Waals surface area contributed by atoms with Gasteiger partial charge in [0.2, 0.25) is 11.4 Å². The molecule has 0 aliphatic rings. The van der Waals surface area contributed by atoms with Crippen LogP contribution in [0.3, 0.4) is 0 Å². The topological polar surface area (TPSA) is 63.1 Å². The van der Waals surface area contributed by atoms with Gasteiger partial charge in [-0.1, -0.05) is 0 Å². The normalized spacial score (nSPS) is 10.8. The molecule has 4 aromatic rings. The SMILES string of the molecule is COc1cc(OC)c(OC)cc1/C=C/c1cccc[n+]1CCS.COc1cc(OC)c(OC)cc1/C=C/c1cccc[n+]1CS. The van der Waals surface area contributed by atoms with Crippen LogP contribution in [-0.2, 0) is 12.4 Å². The summed E-state index contributed by atoms with van der Waals surface area (Å²) in [7, 11) is 9.72. The lowest BCUT2D eigenvalue weighted by molar-refractivity contribution is -0.694. The first-order valence-electron chi connectivity index (χ1n) is 14.1. The molecule has 0 aliphatic carbocycles. The molecule has 238 valence electrons. The zero-order valence-electron chi connectivity index (χ0n) is 26.6. The predicted molar refractivity (Wildman–Crippen MR) is 186 cm³/mol. The van der Waals surface area contributed by atoms with E-state index < -0.39 is 0 Å². The van der Waals surface area contributed by atoms with Crippen molar-refractivity contribution in [3.63, 3.8) is 0 Å². The summed E-state index contributed by atoms with van der Waals surface area (Å²) in [6.07, 6.45) is 12.1. The molecule has 2 aromatic heterocycles. The Morgan fingerprint density at radius 3 is 1.31 bits per heavy atom. The number of pyridine rings is 2. The van der Waals surface area contributed by atoms with Gasteiger partial charge in [0.15, 0.2) is 47.8 Å². The molecule has 0 radical (unpaired) electrons. The molecule has 0 N–H and O–H groups in total. The summed E-state index contributed by atoms with van der Waals surface area (Å²) in [5, 5.41) is 0. The van der Waals surface area contributed by atoms with Crippen LogP contribution in [-0.4, -0.2) is 48.4 Å². The van der Waals surface area contributed by atoms with Crippen LogP contribution in [0.4, 0.5) is 0 Å². The first-order chi connectivity index (χ1) is 22.0. The third kappa shape index (κ3) is 9.60. The van der Waals surface area contributed by atoms with E-state index in [1.165, 1.54) is 0 Å². The van der Waals surface area contributed by atoms with Crippen molar-refractivity contribution in [2.24, 2.45) is 0 Å². The third-order valence-electron chi connectivity index (χ3n) is 6.78. The lowest BCUT2D eigenvalue weighted by Crippen LogP contribution is -2.37. The molecule has 0 saturated carbocycles. The summed E-state index contributed by atoms with van der Waals surface area (Å²) >= 11 is 8.63. The lowest BCUT2D eigenvalue weighted by atomic mass is 10.1. The first-order valence-corrected chi connectivity index (χ1v) is 15.4. The summed E-state index contributed by atoms with van der Waals surface area (Å²) in [6, 6.07) is 19.5. The minimum absolute atomic E-state index is 0.615. The van der Waals surface area contributed by atoms with Crippen molar-refractivity contribution in [2.45, 2.75) is 12.4 Å². The maximum absolute atomic E-state index is 5.45. The van der Waals surface area contributed by atoms with Gasteiger partial charge in [0.1, 0.15) is 11.5 Å². The number of rotatable bonds is 13. The Kier molecular flexibility index (Phi) is 14.5. The molecule has 0 bridgehead atoms. The number of aromatic nitrogens is 2. The molecule has 8 nitrogen and oxygen atoms in total. The molecule has 10 heteroatoms. The molecule has 0 aliphatic heterocycles. The number of aryl methyl sites for hydroxylation is 1. The van der Waals surface area contributed by atoms with Gasteiger partial charge in [-0.05, 0) is 36.4 Å². The van der Waals surface area contributed by atoms with Gasteiger partial charge in [-0.2, -0.15) is 21.8 Å². The van der Waals surface area contributed by atoms with E-state index in [1.807, 2.05) is 95.9 Å². The van der Waals surface area contributed by atoms with E-state index in [2.05, 4.69) is 35.9 Å². The second-order valence-corrected chi connectivity index (χ2v) is 10.1. The number of nitrogens with zero attached hydrogens (tertiary/aromatic N) is 2. The smallest absolute Gasteiger partial charge is 0.205 e. The Balaban J connectivity index is 0.000000246. The average molecular weight is 651 g/mol. The summed E-state index contributed by atoms with van der Waals surface area (Å²) in [4.78, 5) is 0.